The molecule has 1 aliphatic heterocycles. The molecular weight excluding hydrogens is 386 g/mol. The average Bonchev–Trinajstić information content (AvgIpc) is 2.62. The summed E-state index contributed by atoms with van der Waals surface area (Å²) in [6.07, 6.45) is 0. The Morgan fingerprint density at radius 1 is 0.690 bits per heavy atom. The van der Waals surface area contributed by atoms with Crippen LogP contribution in [0.15, 0.2) is 0 Å². The fourth-order valence-electron chi connectivity index (χ4n) is 3.13. The van der Waals surface area contributed by atoms with Crippen LogP contribution >= 0.6 is 0 Å². The van der Waals surface area contributed by atoms with Crippen LogP contribution in [0.2, 0.25) is 0 Å². The van der Waals surface area contributed by atoms with Crippen molar-refractivity contribution in [2.24, 2.45) is 5.90 Å². The molecule has 0 aromatic rings. The van der Waals surface area contributed by atoms with Crippen LogP contribution < -0.4 is 5.90 Å². The van der Waals surface area contributed by atoms with Gasteiger partial charge in [0.1, 0.15) is 5.78 Å². The number of hydrogen-bond donors (Lipinski definition) is 3. The van der Waals surface area contributed by atoms with Crippen LogP contribution in [-0.4, -0.2) is 132 Å². The number of carbonyl (C=O) groups is 4. The molecule has 0 amide bonds. The molecular formula is C17H31N5O7. The van der Waals surface area contributed by atoms with Gasteiger partial charge in [-0.1, -0.05) is 0 Å². The van der Waals surface area contributed by atoms with Gasteiger partial charge in [-0.2, -0.15) is 5.90 Å². The van der Waals surface area contributed by atoms with E-state index >= 15 is 0 Å². The first-order valence-corrected chi connectivity index (χ1v) is 9.41. The van der Waals surface area contributed by atoms with Crippen molar-refractivity contribution in [2.45, 2.75) is 6.92 Å². The zero-order valence-corrected chi connectivity index (χ0v) is 16.8. The van der Waals surface area contributed by atoms with Crippen LogP contribution in [0.5, 0.6) is 0 Å². The second kappa shape index (κ2) is 13.2. The van der Waals surface area contributed by atoms with E-state index in [0.717, 1.165) is 0 Å². The molecule has 1 fully saturated rings. The Balaban J connectivity index is 2.92. The average molecular weight is 417 g/mol. The van der Waals surface area contributed by atoms with E-state index in [1.54, 1.807) is 14.7 Å². The Bertz CT molecular complexity index is 542. The van der Waals surface area contributed by atoms with E-state index in [0.29, 0.717) is 52.4 Å². The number of aliphatic carboxylic acids is 2. The van der Waals surface area contributed by atoms with Crippen molar-refractivity contribution in [3.8, 4) is 0 Å². The highest BCUT2D eigenvalue weighted by atomic mass is 16.7. The van der Waals surface area contributed by atoms with Gasteiger partial charge in [0.05, 0.1) is 26.2 Å². The lowest BCUT2D eigenvalue weighted by Crippen LogP contribution is -2.49. The Labute approximate surface area is 169 Å². The minimum Gasteiger partial charge on any atom is -0.480 e. The van der Waals surface area contributed by atoms with Gasteiger partial charge >= 0.3 is 17.9 Å². The Kier molecular flexibility index (Phi) is 11.3. The molecule has 29 heavy (non-hydrogen) atoms. The number of hydrogen-bond acceptors (Lipinski definition) is 10. The molecule has 0 aromatic carbocycles. The van der Waals surface area contributed by atoms with Gasteiger partial charge in [-0.25, -0.2) is 4.79 Å². The third-order valence-electron chi connectivity index (χ3n) is 4.58. The fourth-order valence-corrected chi connectivity index (χ4v) is 3.13. The third kappa shape index (κ3) is 11.5. The Morgan fingerprint density at radius 3 is 1.28 bits per heavy atom. The second-order valence-corrected chi connectivity index (χ2v) is 7.08. The summed E-state index contributed by atoms with van der Waals surface area (Å²) in [5, 5.41) is 18.3. The fraction of sp³-hybridized carbons (Fsp3) is 0.765. The number of nitrogens with two attached hydrogens (primary N) is 1. The normalized spacial score (nSPS) is 19.1. The SMILES string of the molecule is CC(=O)CN1CCN(CC(=O)O)CCN(CC(=O)O)CCN(CC(=O)ON)CC1. The standard InChI is InChI=1S/C17H31N5O7/c1-14(23)10-19-2-4-20(11-15(24)25)5-6-21(12-16(26)27)7-9-22(8-3-19)13-17(28)29-18/h2-13,18H2,1H3,(H,24,25)(H,26,27). The number of carboxylic acids is 2. The molecule has 166 valence electrons. The zero-order chi connectivity index (χ0) is 21.8. The van der Waals surface area contributed by atoms with Crippen LogP contribution in [0.1, 0.15) is 6.92 Å². The van der Waals surface area contributed by atoms with Crippen molar-refractivity contribution in [3.63, 3.8) is 0 Å². The van der Waals surface area contributed by atoms with E-state index in [1.807, 2.05) is 4.90 Å². The molecule has 1 rings (SSSR count). The third-order valence-corrected chi connectivity index (χ3v) is 4.58. The highest BCUT2D eigenvalue weighted by Crippen LogP contribution is 2.01. The second-order valence-electron chi connectivity index (χ2n) is 7.08. The summed E-state index contributed by atoms with van der Waals surface area (Å²) in [5.74, 6) is 2.36. The maximum Gasteiger partial charge on any atom is 0.338 e. The van der Waals surface area contributed by atoms with Gasteiger partial charge in [0.25, 0.3) is 0 Å². The molecule has 0 aromatic heterocycles. The van der Waals surface area contributed by atoms with Gasteiger partial charge in [-0.3, -0.25) is 34.0 Å². The first-order valence-electron chi connectivity index (χ1n) is 9.41. The van der Waals surface area contributed by atoms with Crippen LogP contribution in [0.4, 0.5) is 0 Å². The van der Waals surface area contributed by atoms with Gasteiger partial charge in [-0.05, 0) is 6.92 Å². The quantitative estimate of drug-likeness (QED) is 0.354. The van der Waals surface area contributed by atoms with E-state index in [2.05, 4.69) is 4.84 Å². The van der Waals surface area contributed by atoms with Crippen LogP contribution in [0.3, 0.4) is 0 Å². The maximum absolute atomic E-state index is 11.6. The van der Waals surface area contributed by atoms with Gasteiger partial charge in [0.15, 0.2) is 0 Å². The van der Waals surface area contributed by atoms with Crippen LogP contribution in [0, 0.1) is 0 Å². The number of Topliss-reactive ketones (excluding diaryl/α,β-unsaturated/α-hetero) is 1. The molecule has 0 atom stereocenters. The highest BCUT2D eigenvalue weighted by Gasteiger charge is 2.20. The van der Waals surface area contributed by atoms with Crippen molar-refractivity contribution >= 4 is 23.7 Å². The van der Waals surface area contributed by atoms with Gasteiger partial charge < -0.3 is 15.1 Å². The summed E-state index contributed by atoms with van der Waals surface area (Å²) in [7, 11) is 0. The topological polar surface area (TPSA) is 157 Å². The molecule has 0 unspecified atom stereocenters. The lowest BCUT2D eigenvalue weighted by molar-refractivity contribution is -0.146. The minimum absolute atomic E-state index is 0.0116. The smallest absolute Gasteiger partial charge is 0.338 e. The number of rotatable bonds is 8. The van der Waals surface area contributed by atoms with Crippen LogP contribution in [0.25, 0.3) is 0 Å². The zero-order valence-electron chi connectivity index (χ0n) is 16.8. The number of carbonyl (C=O) groups excluding carboxylic acids is 2. The van der Waals surface area contributed by atoms with Crippen molar-refractivity contribution in [2.75, 3.05) is 78.5 Å². The first kappa shape index (κ1) is 24.9. The molecule has 0 radical (unpaired) electrons. The molecule has 12 nitrogen and oxygen atoms in total. The lowest BCUT2D eigenvalue weighted by atomic mass is 10.3. The largest absolute Gasteiger partial charge is 0.480 e. The van der Waals surface area contributed by atoms with Crippen molar-refractivity contribution in [3.05, 3.63) is 0 Å². The van der Waals surface area contributed by atoms with E-state index in [9.17, 15) is 19.2 Å². The molecule has 1 heterocycles. The summed E-state index contributed by atoms with van der Waals surface area (Å²) in [6.45, 7) is 4.64. The van der Waals surface area contributed by atoms with Gasteiger partial charge in [-0.15, -0.1) is 0 Å². The first-order chi connectivity index (χ1) is 13.7. The van der Waals surface area contributed by atoms with E-state index < -0.39 is 17.9 Å². The van der Waals surface area contributed by atoms with Gasteiger partial charge in [0, 0.05) is 52.4 Å². The van der Waals surface area contributed by atoms with E-state index in [1.165, 1.54) is 6.92 Å². The number of carboxylic acid groups (broad SMARTS) is 2. The molecule has 0 spiro atoms. The Hall–Kier alpha value is -2.12. The number of ketones is 1. The van der Waals surface area contributed by atoms with Crippen molar-refractivity contribution < 1.29 is 34.2 Å². The van der Waals surface area contributed by atoms with Crippen molar-refractivity contribution in [1.29, 1.82) is 0 Å². The molecule has 12 heteroatoms. The lowest BCUT2D eigenvalue weighted by Gasteiger charge is -2.32. The molecule has 1 aliphatic rings. The summed E-state index contributed by atoms with van der Waals surface area (Å²) < 4.78 is 0. The summed E-state index contributed by atoms with van der Waals surface area (Å²) in [4.78, 5) is 56.9. The summed E-state index contributed by atoms with van der Waals surface area (Å²) >= 11 is 0. The highest BCUT2D eigenvalue weighted by molar-refractivity contribution is 5.77. The van der Waals surface area contributed by atoms with E-state index in [4.69, 9.17) is 16.1 Å². The predicted molar refractivity (Wildman–Crippen MR) is 102 cm³/mol. The van der Waals surface area contributed by atoms with Crippen molar-refractivity contribution in [1.82, 2.24) is 19.6 Å². The molecule has 4 N–H and O–H groups in total. The van der Waals surface area contributed by atoms with Gasteiger partial charge in [0.2, 0.25) is 0 Å². The maximum atomic E-state index is 11.6. The summed E-state index contributed by atoms with van der Waals surface area (Å²) in [6, 6.07) is 0. The molecule has 0 aliphatic carbocycles. The minimum atomic E-state index is -0.984. The molecule has 0 bridgehead atoms. The van der Waals surface area contributed by atoms with E-state index in [-0.39, 0.29) is 32.0 Å². The molecule has 0 saturated carbocycles. The number of nitrogens with zero attached hydrogens (tertiary/aromatic N) is 4. The van der Waals surface area contributed by atoms with Crippen LogP contribution in [-0.2, 0) is 24.0 Å². The summed E-state index contributed by atoms with van der Waals surface area (Å²) in [5.41, 5.74) is 0. The monoisotopic (exact) mass is 417 g/mol. The Morgan fingerprint density at radius 2 is 1.00 bits per heavy atom. The predicted octanol–water partition coefficient (Wildman–Crippen LogP) is -2.62. The molecule has 1 saturated heterocycles.